The van der Waals surface area contributed by atoms with Crippen LogP contribution in [0.2, 0.25) is 0 Å². The van der Waals surface area contributed by atoms with E-state index in [0.717, 1.165) is 26.3 Å². The molecule has 1 aliphatic heterocycles. The van der Waals surface area contributed by atoms with E-state index in [1.165, 1.54) is 6.42 Å². The predicted octanol–water partition coefficient (Wildman–Crippen LogP) is 1.28. The quantitative estimate of drug-likeness (QED) is 0.702. The van der Waals surface area contributed by atoms with Crippen molar-refractivity contribution in [2.45, 2.75) is 26.4 Å². The van der Waals surface area contributed by atoms with Crippen LogP contribution in [0.25, 0.3) is 0 Å². The topological polar surface area (TPSA) is 30.5 Å². The SMILES string of the molecule is CCNCC1CCOC1C(C)COC. The Hall–Kier alpha value is -0.120. The van der Waals surface area contributed by atoms with Gasteiger partial charge in [-0.1, -0.05) is 13.8 Å². The molecule has 14 heavy (non-hydrogen) atoms. The maximum absolute atomic E-state index is 5.76. The molecule has 0 saturated carbocycles. The second kappa shape index (κ2) is 6.38. The molecule has 0 spiro atoms. The van der Waals surface area contributed by atoms with Crippen LogP contribution in [-0.2, 0) is 9.47 Å². The largest absolute Gasteiger partial charge is 0.384 e. The minimum absolute atomic E-state index is 0.383. The second-order valence-electron chi connectivity index (χ2n) is 4.12. The molecular formula is C11H23NO2. The minimum Gasteiger partial charge on any atom is -0.384 e. The summed E-state index contributed by atoms with van der Waals surface area (Å²) in [6.07, 6.45) is 1.57. The molecule has 0 aromatic heterocycles. The second-order valence-corrected chi connectivity index (χ2v) is 4.12. The zero-order valence-electron chi connectivity index (χ0n) is 9.58. The molecule has 1 fully saturated rings. The van der Waals surface area contributed by atoms with Crippen molar-refractivity contribution in [1.82, 2.24) is 5.32 Å². The zero-order chi connectivity index (χ0) is 10.4. The van der Waals surface area contributed by atoms with E-state index in [9.17, 15) is 0 Å². The van der Waals surface area contributed by atoms with Gasteiger partial charge < -0.3 is 14.8 Å². The number of nitrogens with one attached hydrogen (secondary N) is 1. The van der Waals surface area contributed by atoms with Gasteiger partial charge in [0, 0.05) is 32.1 Å². The van der Waals surface area contributed by atoms with Gasteiger partial charge in [-0.3, -0.25) is 0 Å². The highest BCUT2D eigenvalue weighted by molar-refractivity contribution is 4.81. The molecule has 0 aromatic rings. The van der Waals surface area contributed by atoms with E-state index in [1.54, 1.807) is 7.11 Å². The highest BCUT2D eigenvalue weighted by Crippen LogP contribution is 2.26. The van der Waals surface area contributed by atoms with Crippen LogP contribution in [0.5, 0.6) is 0 Å². The van der Waals surface area contributed by atoms with Gasteiger partial charge in [0.05, 0.1) is 12.7 Å². The van der Waals surface area contributed by atoms with Gasteiger partial charge in [0.2, 0.25) is 0 Å². The van der Waals surface area contributed by atoms with Crippen LogP contribution in [0.3, 0.4) is 0 Å². The molecule has 1 heterocycles. The summed E-state index contributed by atoms with van der Waals surface area (Å²) >= 11 is 0. The van der Waals surface area contributed by atoms with Crippen molar-refractivity contribution in [2.24, 2.45) is 11.8 Å². The van der Waals surface area contributed by atoms with Gasteiger partial charge in [0.1, 0.15) is 0 Å². The summed E-state index contributed by atoms with van der Waals surface area (Å²) in [4.78, 5) is 0. The molecule has 3 heteroatoms. The third-order valence-corrected chi connectivity index (χ3v) is 2.91. The fraction of sp³-hybridized carbons (Fsp3) is 1.00. The van der Waals surface area contributed by atoms with Crippen LogP contribution < -0.4 is 5.32 Å². The third-order valence-electron chi connectivity index (χ3n) is 2.91. The molecule has 3 atom stereocenters. The number of hydrogen-bond acceptors (Lipinski definition) is 3. The van der Waals surface area contributed by atoms with E-state index >= 15 is 0 Å². The van der Waals surface area contributed by atoms with Crippen LogP contribution in [0.4, 0.5) is 0 Å². The van der Waals surface area contributed by atoms with Gasteiger partial charge in [-0.05, 0) is 13.0 Å². The molecule has 3 nitrogen and oxygen atoms in total. The highest BCUT2D eigenvalue weighted by Gasteiger charge is 2.31. The Morgan fingerprint density at radius 3 is 3.00 bits per heavy atom. The van der Waals surface area contributed by atoms with Crippen molar-refractivity contribution in [1.29, 1.82) is 0 Å². The Kier molecular flexibility index (Phi) is 5.45. The van der Waals surface area contributed by atoms with Crippen LogP contribution in [0.15, 0.2) is 0 Å². The van der Waals surface area contributed by atoms with Crippen molar-refractivity contribution in [2.75, 3.05) is 33.4 Å². The van der Waals surface area contributed by atoms with E-state index < -0.39 is 0 Å². The van der Waals surface area contributed by atoms with Gasteiger partial charge in [-0.2, -0.15) is 0 Å². The zero-order valence-corrected chi connectivity index (χ0v) is 9.58. The highest BCUT2D eigenvalue weighted by atomic mass is 16.5. The first-order valence-corrected chi connectivity index (χ1v) is 5.60. The predicted molar refractivity (Wildman–Crippen MR) is 57.4 cm³/mol. The van der Waals surface area contributed by atoms with Crippen molar-refractivity contribution in [3.05, 3.63) is 0 Å². The van der Waals surface area contributed by atoms with Crippen LogP contribution in [0, 0.1) is 11.8 Å². The Morgan fingerprint density at radius 1 is 1.57 bits per heavy atom. The summed E-state index contributed by atoms with van der Waals surface area (Å²) in [5.74, 6) is 1.17. The Balaban J connectivity index is 2.33. The van der Waals surface area contributed by atoms with Crippen molar-refractivity contribution in [3.8, 4) is 0 Å². The van der Waals surface area contributed by atoms with Gasteiger partial charge in [0.15, 0.2) is 0 Å². The van der Waals surface area contributed by atoms with Crippen molar-refractivity contribution < 1.29 is 9.47 Å². The number of rotatable bonds is 6. The number of ether oxygens (including phenoxy) is 2. The lowest BCUT2D eigenvalue weighted by Crippen LogP contribution is -2.34. The fourth-order valence-electron chi connectivity index (χ4n) is 2.19. The lowest BCUT2D eigenvalue weighted by molar-refractivity contribution is 0.0142. The van der Waals surface area contributed by atoms with Gasteiger partial charge in [-0.25, -0.2) is 0 Å². The molecule has 1 N–H and O–H groups in total. The average Bonchev–Trinajstić information content (AvgIpc) is 2.63. The lowest BCUT2D eigenvalue weighted by atomic mass is 9.92. The minimum atomic E-state index is 0.383. The van der Waals surface area contributed by atoms with Crippen LogP contribution >= 0.6 is 0 Å². The van der Waals surface area contributed by atoms with Crippen molar-refractivity contribution >= 4 is 0 Å². The Labute approximate surface area is 87.2 Å². The average molecular weight is 201 g/mol. The monoisotopic (exact) mass is 201 g/mol. The summed E-state index contributed by atoms with van der Waals surface area (Å²) in [6, 6.07) is 0. The van der Waals surface area contributed by atoms with E-state index in [4.69, 9.17) is 9.47 Å². The van der Waals surface area contributed by atoms with Gasteiger partial charge in [0.25, 0.3) is 0 Å². The number of hydrogen-bond donors (Lipinski definition) is 1. The summed E-state index contributed by atoms with van der Waals surface area (Å²) in [7, 11) is 1.75. The fourth-order valence-corrected chi connectivity index (χ4v) is 2.19. The number of methoxy groups -OCH3 is 1. The first-order chi connectivity index (χ1) is 6.79. The molecule has 0 aliphatic carbocycles. The van der Waals surface area contributed by atoms with Gasteiger partial charge >= 0.3 is 0 Å². The van der Waals surface area contributed by atoms with E-state index in [2.05, 4.69) is 19.2 Å². The smallest absolute Gasteiger partial charge is 0.0663 e. The molecule has 0 bridgehead atoms. The molecule has 0 radical (unpaired) electrons. The maximum atomic E-state index is 5.76. The molecule has 3 unspecified atom stereocenters. The Bertz CT molecular complexity index is 152. The van der Waals surface area contributed by atoms with Crippen LogP contribution in [0.1, 0.15) is 20.3 Å². The Morgan fingerprint density at radius 2 is 2.36 bits per heavy atom. The standard InChI is InChI=1S/C11H23NO2/c1-4-12-7-10-5-6-14-11(10)9(2)8-13-3/h9-12H,4-8H2,1-3H3. The summed E-state index contributed by atoms with van der Waals surface area (Å²) < 4.78 is 10.9. The van der Waals surface area contributed by atoms with Crippen LogP contribution in [-0.4, -0.2) is 39.5 Å². The van der Waals surface area contributed by atoms with E-state index in [1.807, 2.05) is 0 Å². The van der Waals surface area contributed by atoms with Crippen molar-refractivity contribution in [3.63, 3.8) is 0 Å². The molecular weight excluding hydrogens is 178 g/mol. The molecule has 1 saturated heterocycles. The lowest BCUT2D eigenvalue weighted by Gasteiger charge is -2.24. The molecule has 1 aliphatic rings. The first kappa shape index (κ1) is 12.0. The van der Waals surface area contributed by atoms with E-state index in [-0.39, 0.29) is 0 Å². The molecule has 84 valence electrons. The molecule has 0 aromatic carbocycles. The normalized spacial score (nSPS) is 29.4. The first-order valence-electron chi connectivity index (χ1n) is 5.60. The third kappa shape index (κ3) is 3.23. The molecule has 0 amide bonds. The van der Waals surface area contributed by atoms with E-state index in [0.29, 0.717) is 17.9 Å². The summed E-state index contributed by atoms with van der Waals surface area (Å²) in [5.41, 5.74) is 0. The maximum Gasteiger partial charge on any atom is 0.0663 e. The molecule has 1 rings (SSSR count). The summed E-state index contributed by atoms with van der Waals surface area (Å²) in [5, 5.41) is 3.40. The summed E-state index contributed by atoms with van der Waals surface area (Å²) in [6.45, 7) is 8.18. The van der Waals surface area contributed by atoms with Gasteiger partial charge in [-0.15, -0.1) is 0 Å².